The van der Waals surface area contributed by atoms with Gasteiger partial charge in [0.15, 0.2) is 0 Å². The van der Waals surface area contributed by atoms with Crippen molar-refractivity contribution in [2.24, 2.45) is 0 Å². The fourth-order valence-corrected chi connectivity index (χ4v) is 3.37. The first-order valence-corrected chi connectivity index (χ1v) is 8.92. The van der Waals surface area contributed by atoms with Crippen molar-refractivity contribution < 1.29 is 4.79 Å². The largest absolute Gasteiger partial charge is 0.380 e. The second-order valence-electron chi connectivity index (χ2n) is 6.11. The van der Waals surface area contributed by atoms with Gasteiger partial charge in [-0.05, 0) is 36.8 Å². The highest BCUT2D eigenvalue weighted by molar-refractivity contribution is 7.15. The number of hydrogen-bond donors (Lipinski definition) is 1. The molecular weight excluding hydrogens is 330 g/mol. The Kier molecular flexibility index (Phi) is 5.14. The molecule has 0 spiro atoms. The summed E-state index contributed by atoms with van der Waals surface area (Å²) in [7, 11) is 3.45. The number of amides is 1. The van der Waals surface area contributed by atoms with Crippen LogP contribution in [0.5, 0.6) is 0 Å². The molecule has 3 aromatic rings. The lowest BCUT2D eigenvalue weighted by molar-refractivity contribution is 0.0822. The molecule has 1 N–H and O–H groups in total. The Morgan fingerprint density at radius 3 is 2.60 bits per heavy atom. The minimum atomic E-state index is -0.0959. The zero-order valence-electron chi connectivity index (χ0n) is 14.6. The van der Waals surface area contributed by atoms with Crippen LogP contribution in [0.25, 0.3) is 10.4 Å². The van der Waals surface area contributed by atoms with E-state index in [-0.39, 0.29) is 5.91 Å². The van der Waals surface area contributed by atoms with Crippen LogP contribution in [-0.2, 0) is 6.54 Å². The average molecular weight is 351 g/mol. The van der Waals surface area contributed by atoms with E-state index in [0.717, 1.165) is 12.2 Å². The van der Waals surface area contributed by atoms with Crippen LogP contribution in [0.4, 0.5) is 5.69 Å². The highest BCUT2D eigenvalue weighted by Gasteiger charge is 2.10. The molecule has 3 rings (SSSR count). The Morgan fingerprint density at radius 2 is 1.88 bits per heavy atom. The normalized spacial score (nSPS) is 10.5. The molecule has 4 nitrogen and oxygen atoms in total. The molecule has 0 aliphatic rings. The molecule has 1 aromatic carbocycles. The second kappa shape index (κ2) is 7.49. The zero-order chi connectivity index (χ0) is 17.8. The van der Waals surface area contributed by atoms with E-state index in [9.17, 15) is 4.79 Å². The van der Waals surface area contributed by atoms with Crippen molar-refractivity contribution in [2.75, 3.05) is 19.4 Å². The summed E-state index contributed by atoms with van der Waals surface area (Å²) in [6, 6.07) is 16.5. The molecule has 2 aromatic heterocycles. The van der Waals surface area contributed by atoms with Gasteiger partial charge in [0, 0.05) is 42.3 Å². The number of benzene rings is 1. The van der Waals surface area contributed by atoms with Crippen LogP contribution in [0.3, 0.4) is 0 Å². The quantitative estimate of drug-likeness (QED) is 0.739. The topological polar surface area (TPSA) is 45.2 Å². The fraction of sp³-hybridized carbons (Fsp3) is 0.200. The summed E-state index contributed by atoms with van der Waals surface area (Å²) in [6.45, 7) is 2.81. The molecule has 128 valence electrons. The lowest BCUT2D eigenvalue weighted by Crippen LogP contribution is -2.22. The molecule has 0 saturated heterocycles. The summed E-state index contributed by atoms with van der Waals surface area (Å²) in [6.07, 6.45) is 1.66. The molecule has 2 heterocycles. The van der Waals surface area contributed by atoms with Gasteiger partial charge in [0.25, 0.3) is 5.91 Å². The van der Waals surface area contributed by atoms with E-state index in [2.05, 4.69) is 53.6 Å². The number of aromatic nitrogens is 1. The Bertz CT molecular complexity index is 869. The first kappa shape index (κ1) is 17.2. The average Bonchev–Trinajstić information content (AvgIpc) is 3.09. The lowest BCUT2D eigenvalue weighted by atomic mass is 10.1. The molecule has 0 radical (unpaired) electrons. The number of thiophene rings is 1. The summed E-state index contributed by atoms with van der Waals surface area (Å²) in [4.78, 5) is 20.2. The van der Waals surface area contributed by atoms with Gasteiger partial charge in [-0.2, -0.15) is 0 Å². The monoisotopic (exact) mass is 351 g/mol. The van der Waals surface area contributed by atoms with Crippen LogP contribution in [-0.4, -0.2) is 29.9 Å². The third kappa shape index (κ3) is 4.25. The Balaban J connectivity index is 1.67. The third-order valence-corrected chi connectivity index (χ3v) is 4.98. The number of carbonyl (C=O) groups is 1. The SMILES string of the molecule is Cc1ccc(-c2ccc(CNc3ccnc(C(=O)N(C)C)c3)s2)cc1. The first-order valence-electron chi connectivity index (χ1n) is 8.10. The van der Waals surface area contributed by atoms with E-state index >= 15 is 0 Å². The van der Waals surface area contributed by atoms with Gasteiger partial charge in [-0.25, -0.2) is 0 Å². The fourth-order valence-electron chi connectivity index (χ4n) is 2.42. The van der Waals surface area contributed by atoms with E-state index < -0.39 is 0 Å². The number of carbonyl (C=O) groups excluding carboxylic acids is 1. The number of rotatable bonds is 5. The molecular formula is C20H21N3OS. The van der Waals surface area contributed by atoms with Gasteiger partial charge >= 0.3 is 0 Å². The predicted octanol–water partition coefficient (Wildman–Crippen LogP) is 4.43. The summed E-state index contributed by atoms with van der Waals surface area (Å²) in [5.74, 6) is -0.0959. The molecule has 0 aliphatic heterocycles. The molecule has 0 aliphatic carbocycles. The van der Waals surface area contributed by atoms with Gasteiger partial charge in [-0.1, -0.05) is 29.8 Å². The number of pyridine rings is 1. The van der Waals surface area contributed by atoms with Crippen LogP contribution in [0.2, 0.25) is 0 Å². The minimum Gasteiger partial charge on any atom is -0.380 e. The van der Waals surface area contributed by atoms with E-state index in [4.69, 9.17) is 0 Å². The molecule has 5 heteroatoms. The van der Waals surface area contributed by atoms with Gasteiger partial charge in [0.2, 0.25) is 0 Å². The maximum Gasteiger partial charge on any atom is 0.272 e. The van der Waals surface area contributed by atoms with Crippen molar-refractivity contribution in [3.05, 3.63) is 70.9 Å². The zero-order valence-corrected chi connectivity index (χ0v) is 15.4. The molecule has 0 fully saturated rings. The molecule has 0 bridgehead atoms. The van der Waals surface area contributed by atoms with Crippen molar-refractivity contribution in [2.45, 2.75) is 13.5 Å². The van der Waals surface area contributed by atoms with E-state index in [1.54, 1.807) is 37.7 Å². The molecule has 0 unspecified atom stereocenters. The molecule has 0 atom stereocenters. The number of nitrogens with zero attached hydrogens (tertiary/aromatic N) is 2. The Hall–Kier alpha value is -2.66. The first-order chi connectivity index (χ1) is 12.0. The van der Waals surface area contributed by atoms with E-state index in [1.165, 1.54) is 25.8 Å². The lowest BCUT2D eigenvalue weighted by Gasteiger charge is -2.11. The van der Waals surface area contributed by atoms with Gasteiger partial charge < -0.3 is 10.2 Å². The predicted molar refractivity (Wildman–Crippen MR) is 104 cm³/mol. The maximum atomic E-state index is 12.0. The van der Waals surface area contributed by atoms with Crippen LogP contribution < -0.4 is 5.32 Å². The Morgan fingerprint density at radius 1 is 1.12 bits per heavy atom. The summed E-state index contributed by atoms with van der Waals surface area (Å²) < 4.78 is 0. The van der Waals surface area contributed by atoms with Gasteiger partial charge in [0.1, 0.15) is 5.69 Å². The van der Waals surface area contributed by atoms with Gasteiger partial charge in [-0.3, -0.25) is 9.78 Å². The van der Waals surface area contributed by atoms with Gasteiger partial charge in [-0.15, -0.1) is 11.3 Å². The maximum absolute atomic E-state index is 12.0. The molecule has 0 saturated carbocycles. The number of aryl methyl sites for hydroxylation is 1. The minimum absolute atomic E-state index is 0.0959. The molecule has 25 heavy (non-hydrogen) atoms. The third-order valence-electron chi connectivity index (χ3n) is 3.85. The number of anilines is 1. The van der Waals surface area contributed by atoms with Crippen molar-refractivity contribution in [1.82, 2.24) is 9.88 Å². The Labute approximate surface area is 152 Å². The highest BCUT2D eigenvalue weighted by atomic mass is 32.1. The standard InChI is InChI=1S/C20H21N3OS/c1-14-4-6-15(7-5-14)19-9-8-17(25-19)13-22-16-10-11-21-18(12-16)20(24)23(2)3/h4-12H,13H2,1-3H3,(H,21,22). The van der Waals surface area contributed by atoms with Crippen molar-refractivity contribution in [1.29, 1.82) is 0 Å². The second-order valence-corrected chi connectivity index (χ2v) is 7.28. The van der Waals surface area contributed by atoms with Crippen LogP contribution in [0.1, 0.15) is 20.9 Å². The van der Waals surface area contributed by atoms with Crippen LogP contribution in [0, 0.1) is 6.92 Å². The highest BCUT2D eigenvalue weighted by Crippen LogP contribution is 2.28. The van der Waals surface area contributed by atoms with Crippen LogP contribution in [0.15, 0.2) is 54.7 Å². The number of nitrogens with one attached hydrogen (secondary N) is 1. The van der Waals surface area contributed by atoms with Crippen molar-refractivity contribution in [3.8, 4) is 10.4 Å². The van der Waals surface area contributed by atoms with Crippen molar-refractivity contribution in [3.63, 3.8) is 0 Å². The number of hydrogen-bond acceptors (Lipinski definition) is 4. The smallest absolute Gasteiger partial charge is 0.272 e. The summed E-state index contributed by atoms with van der Waals surface area (Å²) >= 11 is 1.77. The van der Waals surface area contributed by atoms with Crippen molar-refractivity contribution >= 4 is 22.9 Å². The van der Waals surface area contributed by atoms with Gasteiger partial charge in [0.05, 0.1) is 0 Å². The van der Waals surface area contributed by atoms with Crippen LogP contribution >= 0.6 is 11.3 Å². The van der Waals surface area contributed by atoms with E-state index in [0.29, 0.717) is 5.69 Å². The summed E-state index contributed by atoms with van der Waals surface area (Å²) in [5, 5.41) is 3.37. The van der Waals surface area contributed by atoms with E-state index in [1.807, 2.05) is 6.07 Å². The molecule has 1 amide bonds. The summed E-state index contributed by atoms with van der Waals surface area (Å²) in [5.41, 5.74) is 3.85.